The molecule has 2 aliphatic rings. The lowest BCUT2D eigenvalue weighted by molar-refractivity contribution is -0.117. The fourth-order valence-corrected chi connectivity index (χ4v) is 5.24. The molecule has 2 aliphatic heterocycles. The molecular weight excluding hydrogens is 465 g/mol. The van der Waals surface area contributed by atoms with Gasteiger partial charge in [0.15, 0.2) is 0 Å². The molecule has 0 aliphatic carbocycles. The van der Waals surface area contributed by atoms with E-state index < -0.39 is 0 Å². The zero-order valence-corrected chi connectivity index (χ0v) is 20.7. The lowest BCUT2D eigenvalue weighted by atomic mass is 10.1. The van der Waals surface area contributed by atoms with E-state index in [1.165, 1.54) is 16.8 Å². The Labute approximate surface area is 211 Å². The molecule has 0 aromatic heterocycles. The summed E-state index contributed by atoms with van der Waals surface area (Å²) in [6.45, 7) is 5.98. The van der Waals surface area contributed by atoms with E-state index in [-0.39, 0.29) is 5.91 Å². The summed E-state index contributed by atoms with van der Waals surface area (Å²) < 4.78 is 0. The topological polar surface area (TPSA) is 26.8 Å². The van der Waals surface area contributed by atoms with Crippen LogP contribution in [0.1, 0.15) is 16.7 Å². The molecule has 4 nitrogen and oxygen atoms in total. The molecule has 34 heavy (non-hydrogen) atoms. The van der Waals surface area contributed by atoms with Gasteiger partial charge in [-0.2, -0.15) is 0 Å². The standard InChI is InChI=1S/C28H29Cl2N3O/c29-24-7-4-21(5-8-24)19-28(34)33-13-11-23-18-22(6-9-27(23)33)10-12-31-14-16-32(17-15-31)26-3-1-2-25(30)20-26/h1-9,18,20H,10-17,19H2. The number of hydrogen-bond donors (Lipinski definition) is 0. The van der Waals surface area contributed by atoms with Gasteiger partial charge in [-0.25, -0.2) is 0 Å². The van der Waals surface area contributed by atoms with Crippen LogP contribution in [-0.4, -0.2) is 50.1 Å². The Balaban J connectivity index is 1.13. The molecule has 0 spiro atoms. The molecule has 2 heterocycles. The van der Waals surface area contributed by atoms with Crippen LogP contribution in [0.25, 0.3) is 0 Å². The van der Waals surface area contributed by atoms with Crippen molar-refractivity contribution in [1.29, 1.82) is 0 Å². The summed E-state index contributed by atoms with van der Waals surface area (Å²) in [7, 11) is 0. The number of halogens is 2. The Morgan fingerprint density at radius 2 is 1.56 bits per heavy atom. The van der Waals surface area contributed by atoms with Gasteiger partial charge in [-0.1, -0.05) is 53.5 Å². The van der Waals surface area contributed by atoms with Crippen LogP contribution in [0.4, 0.5) is 11.4 Å². The number of rotatable bonds is 6. The molecule has 6 heteroatoms. The number of fused-ring (bicyclic) bond motifs is 1. The molecule has 1 fully saturated rings. The largest absolute Gasteiger partial charge is 0.369 e. The summed E-state index contributed by atoms with van der Waals surface area (Å²) in [6, 6.07) is 22.3. The average molecular weight is 494 g/mol. The van der Waals surface area contributed by atoms with Crippen LogP contribution in [0.5, 0.6) is 0 Å². The highest BCUT2D eigenvalue weighted by Gasteiger charge is 2.25. The van der Waals surface area contributed by atoms with Crippen LogP contribution in [-0.2, 0) is 24.1 Å². The number of carbonyl (C=O) groups is 1. The maximum atomic E-state index is 12.9. The lowest BCUT2D eigenvalue weighted by Crippen LogP contribution is -2.47. The second-order valence-corrected chi connectivity index (χ2v) is 9.99. The molecule has 1 saturated heterocycles. The number of anilines is 2. The number of carbonyl (C=O) groups excluding carboxylic acids is 1. The van der Waals surface area contributed by atoms with E-state index in [9.17, 15) is 4.79 Å². The Morgan fingerprint density at radius 1 is 0.794 bits per heavy atom. The van der Waals surface area contributed by atoms with Crippen molar-refractivity contribution < 1.29 is 4.79 Å². The average Bonchev–Trinajstić information content (AvgIpc) is 3.28. The van der Waals surface area contributed by atoms with Crippen molar-refractivity contribution in [2.75, 3.05) is 49.1 Å². The summed E-state index contributed by atoms with van der Waals surface area (Å²) in [4.78, 5) is 19.8. The Kier molecular flexibility index (Phi) is 7.10. The Morgan fingerprint density at radius 3 is 2.32 bits per heavy atom. The number of hydrogen-bond acceptors (Lipinski definition) is 3. The fraction of sp³-hybridized carbons (Fsp3) is 0.321. The first-order valence-corrected chi connectivity index (χ1v) is 12.7. The van der Waals surface area contributed by atoms with Crippen molar-refractivity contribution in [2.24, 2.45) is 0 Å². The van der Waals surface area contributed by atoms with Gasteiger partial charge < -0.3 is 9.80 Å². The minimum atomic E-state index is 0.145. The van der Waals surface area contributed by atoms with Crippen molar-refractivity contribution in [1.82, 2.24) is 4.90 Å². The smallest absolute Gasteiger partial charge is 0.231 e. The summed E-state index contributed by atoms with van der Waals surface area (Å²) in [5, 5.41) is 1.49. The van der Waals surface area contributed by atoms with Crippen LogP contribution < -0.4 is 9.80 Å². The Bertz CT molecular complexity index is 1160. The van der Waals surface area contributed by atoms with Crippen molar-refractivity contribution in [3.63, 3.8) is 0 Å². The molecule has 0 bridgehead atoms. The highest BCUT2D eigenvalue weighted by molar-refractivity contribution is 6.31. The summed E-state index contributed by atoms with van der Waals surface area (Å²) >= 11 is 12.1. The molecular formula is C28H29Cl2N3O. The predicted octanol–water partition coefficient (Wildman–Crippen LogP) is 5.49. The fourth-order valence-electron chi connectivity index (χ4n) is 4.93. The van der Waals surface area contributed by atoms with Crippen molar-refractivity contribution in [3.05, 3.63) is 93.5 Å². The third-order valence-electron chi connectivity index (χ3n) is 6.87. The second kappa shape index (κ2) is 10.4. The second-order valence-electron chi connectivity index (χ2n) is 9.12. The molecule has 5 rings (SSSR count). The minimum Gasteiger partial charge on any atom is -0.369 e. The third kappa shape index (κ3) is 5.41. The SMILES string of the molecule is O=C(Cc1ccc(Cl)cc1)N1CCc2cc(CCN3CCN(c4cccc(Cl)c4)CC3)ccc21. The van der Waals surface area contributed by atoms with Crippen LogP contribution in [0.2, 0.25) is 10.0 Å². The Hall–Kier alpha value is -2.53. The highest BCUT2D eigenvalue weighted by atomic mass is 35.5. The van der Waals surface area contributed by atoms with Gasteiger partial charge in [0.05, 0.1) is 6.42 Å². The quantitative estimate of drug-likeness (QED) is 0.454. The highest BCUT2D eigenvalue weighted by Crippen LogP contribution is 2.30. The van der Waals surface area contributed by atoms with Crippen molar-refractivity contribution in [2.45, 2.75) is 19.3 Å². The molecule has 176 valence electrons. The van der Waals surface area contributed by atoms with Crippen LogP contribution in [0, 0.1) is 0 Å². The number of benzene rings is 3. The summed E-state index contributed by atoms with van der Waals surface area (Å²) in [6.07, 6.45) is 2.36. The van der Waals surface area contributed by atoms with E-state index in [4.69, 9.17) is 23.2 Å². The third-order valence-corrected chi connectivity index (χ3v) is 7.36. The van der Waals surface area contributed by atoms with Gasteiger partial charge in [0.25, 0.3) is 0 Å². The first-order chi connectivity index (χ1) is 16.5. The van der Waals surface area contributed by atoms with Crippen molar-refractivity contribution >= 4 is 40.5 Å². The number of piperazine rings is 1. The van der Waals surface area contributed by atoms with E-state index in [2.05, 4.69) is 34.1 Å². The molecule has 3 aromatic rings. The molecule has 0 atom stereocenters. The van der Waals surface area contributed by atoms with E-state index in [1.807, 2.05) is 47.4 Å². The zero-order valence-electron chi connectivity index (χ0n) is 19.2. The van der Waals surface area contributed by atoms with E-state index >= 15 is 0 Å². The van der Waals surface area contributed by atoms with Gasteiger partial charge in [0.2, 0.25) is 5.91 Å². The predicted molar refractivity (Wildman–Crippen MR) is 141 cm³/mol. The molecule has 3 aromatic carbocycles. The number of amides is 1. The molecule has 1 amide bonds. The molecule has 0 N–H and O–H groups in total. The normalized spacial score (nSPS) is 16.1. The van der Waals surface area contributed by atoms with Gasteiger partial charge in [-0.05, 0) is 65.9 Å². The minimum absolute atomic E-state index is 0.145. The summed E-state index contributed by atoms with van der Waals surface area (Å²) in [5.74, 6) is 0.145. The van der Waals surface area contributed by atoms with Crippen molar-refractivity contribution in [3.8, 4) is 0 Å². The van der Waals surface area contributed by atoms with Gasteiger partial charge in [-0.15, -0.1) is 0 Å². The van der Waals surface area contributed by atoms with Crippen LogP contribution in [0.15, 0.2) is 66.7 Å². The monoisotopic (exact) mass is 493 g/mol. The van der Waals surface area contributed by atoms with E-state index in [1.54, 1.807) is 0 Å². The number of nitrogens with zero attached hydrogens (tertiary/aromatic N) is 3. The van der Waals surface area contributed by atoms with E-state index in [0.29, 0.717) is 11.4 Å². The molecule has 0 unspecified atom stereocenters. The molecule has 0 radical (unpaired) electrons. The van der Waals surface area contributed by atoms with Gasteiger partial charge >= 0.3 is 0 Å². The summed E-state index contributed by atoms with van der Waals surface area (Å²) in [5.41, 5.74) is 5.91. The van der Waals surface area contributed by atoms with E-state index in [0.717, 1.165) is 68.4 Å². The van der Waals surface area contributed by atoms with Crippen LogP contribution >= 0.6 is 23.2 Å². The molecule has 0 saturated carbocycles. The lowest BCUT2D eigenvalue weighted by Gasteiger charge is -2.36. The maximum absolute atomic E-state index is 12.9. The van der Waals surface area contributed by atoms with Gasteiger partial charge in [0.1, 0.15) is 0 Å². The van der Waals surface area contributed by atoms with Crippen LogP contribution in [0.3, 0.4) is 0 Å². The van der Waals surface area contributed by atoms with Gasteiger partial charge in [-0.3, -0.25) is 9.69 Å². The maximum Gasteiger partial charge on any atom is 0.231 e. The van der Waals surface area contributed by atoms with Gasteiger partial charge in [0, 0.05) is 60.7 Å². The zero-order chi connectivity index (χ0) is 23.5. The first kappa shape index (κ1) is 23.2. The first-order valence-electron chi connectivity index (χ1n) is 11.9.